The van der Waals surface area contributed by atoms with Crippen molar-refractivity contribution in [3.63, 3.8) is 0 Å². The van der Waals surface area contributed by atoms with E-state index in [1.807, 2.05) is 13.8 Å². The Hall–Kier alpha value is -0.410. The van der Waals surface area contributed by atoms with E-state index in [0.29, 0.717) is 5.82 Å². The molecule has 1 aromatic heterocycles. The highest BCUT2D eigenvalue weighted by Crippen LogP contribution is 2.23. The van der Waals surface area contributed by atoms with Crippen molar-refractivity contribution in [3.8, 4) is 0 Å². The minimum atomic E-state index is -0.754. The molecule has 0 radical (unpaired) electrons. The van der Waals surface area contributed by atoms with E-state index >= 15 is 0 Å². The number of halogens is 3. The molecule has 1 heterocycles. The predicted octanol–water partition coefficient (Wildman–Crippen LogP) is 3.44. The van der Waals surface area contributed by atoms with Crippen LogP contribution < -0.4 is 0 Å². The smallest absolute Gasteiger partial charge is 0.197 e. The highest BCUT2D eigenvalue weighted by Gasteiger charge is 2.14. The molecule has 0 aromatic carbocycles. The van der Waals surface area contributed by atoms with Gasteiger partial charge in [-0.2, -0.15) is 0 Å². The first-order chi connectivity index (χ1) is 6.06. The first kappa shape index (κ1) is 10.7. The standard InChI is InChI=1S/C8H9Cl2FN2/c1-3-4(2)8-12-6(9)5(11)7(10)13-8/h4H,3H2,1-2H3. The van der Waals surface area contributed by atoms with Crippen molar-refractivity contribution in [2.75, 3.05) is 0 Å². The van der Waals surface area contributed by atoms with Crippen LogP contribution in [0.1, 0.15) is 32.0 Å². The second-order valence-corrected chi connectivity index (χ2v) is 3.50. The third-order valence-electron chi connectivity index (χ3n) is 1.84. The molecule has 0 N–H and O–H groups in total. The lowest BCUT2D eigenvalue weighted by Gasteiger charge is -2.07. The summed E-state index contributed by atoms with van der Waals surface area (Å²) in [6, 6.07) is 0. The van der Waals surface area contributed by atoms with Gasteiger partial charge in [-0.25, -0.2) is 14.4 Å². The van der Waals surface area contributed by atoms with Crippen molar-refractivity contribution in [2.24, 2.45) is 0 Å². The van der Waals surface area contributed by atoms with Crippen molar-refractivity contribution in [1.29, 1.82) is 0 Å². The summed E-state index contributed by atoms with van der Waals surface area (Å²) >= 11 is 11.0. The predicted molar refractivity (Wildman–Crippen MR) is 50.7 cm³/mol. The zero-order chi connectivity index (χ0) is 10.0. The number of hydrogen-bond acceptors (Lipinski definition) is 2. The van der Waals surface area contributed by atoms with Crippen LogP contribution in [0.5, 0.6) is 0 Å². The maximum absolute atomic E-state index is 12.9. The molecule has 0 aliphatic heterocycles. The lowest BCUT2D eigenvalue weighted by molar-refractivity contribution is 0.597. The minimum absolute atomic E-state index is 0.135. The van der Waals surface area contributed by atoms with Gasteiger partial charge in [0.1, 0.15) is 5.82 Å². The summed E-state index contributed by atoms with van der Waals surface area (Å²) in [5.41, 5.74) is 0. The average Bonchev–Trinajstić information content (AvgIpc) is 2.12. The van der Waals surface area contributed by atoms with Crippen LogP contribution in [0.15, 0.2) is 0 Å². The number of rotatable bonds is 2. The summed E-state index contributed by atoms with van der Waals surface area (Å²) in [5, 5.41) is -0.425. The van der Waals surface area contributed by atoms with Gasteiger partial charge in [-0.1, -0.05) is 37.0 Å². The fourth-order valence-corrected chi connectivity index (χ4v) is 1.21. The minimum Gasteiger partial charge on any atom is -0.218 e. The van der Waals surface area contributed by atoms with E-state index in [-0.39, 0.29) is 16.2 Å². The molecule has 5 heteroatoms. The Kier molecular flexibility index (Phi) is 3.45. The zero-order valence-electron chi connectivity index (χ0n) is 7.31. The largest absolute Gasteiger partial charge is 0.218 e. The summed E-state index contributed by atoms with van der Waals surface area (Å²) < 4.78 is 12.9. The molecule has 0 fully saturated rings. The zero-order valence-corrected chi connectivity index (χ0v) is 8.82. The van der Waals surface area contributed by atoms with Gasteiger partial charge in [-0.05, 0) is 6.42 Å². The molecule has 0 bridgehead atoms. The van der Waals surface area contributed by atoms with Gasteiger partial charge in [0.15, 0.2) is 16.1 Å². The van der Waals surface area contributed by atoms with Crippen LogP contribution in [0.2, 0.25) is 10.3 Å². The number of aromatic nitrogens is 2. The van der Waals surface area contributed by atoms with Gasteiger partial charge in [-0.3, -0.25) is 0 Å². The molecule has 0 aliphatic carbocycles. The van der Waals surface area contributed by atoms with Crippen LogP contribution in [-0.2, 0) is 0 Å². The van der Waals surface area contributed by atoms with Crippen LogP contribution in [0, 0.1) is 5.82 Å². The van der Waals surface area contributed by atoms with Gasteiger partial charge in [-0.15, -0.1) is 0 Å². The number of hydrogen-bond donors (Lipinski definition) is 0. The fourth-order valence-electron chi connectivity index (χ4n) is 0.812. The highest BCUT2D eigenvalue weighted by atomic mass is 35.5. The Bertz CT molecular complexity index is 294. The van der Waals surface area contributed by atoms with Gasteiger partial charge in [0.2, 0.25) is 0 Å². The van der Waals surface area contributed by atoms with Gasteiger partial charge < -0.3 is 0 Å². The Morgan fingerprint density at radius 3 is 2.15 bits per heavy atom. The normalized spacial score (nSPS) is 13.0. The molecule has 2 nitrogen and oxygen atoms in total. The summed E-state index contributed by atoms with van der Waals surface area (Å²) in [6.45, 7) is 3.92. The van der Waals surface area contributed by atoms with Gasteiger partial charge >= 0.3 is 0 Å². The average molecular weight is 223 g/mol. The maximum Gasteiger partial charge on any atom is 0.197 e. The van der Waals surface area contributed by atoms with Gasteiger partial charge in [0.25, 0.3) is 0 Å². The Labute approximate surface area is 86.1 Å². The molecule has 0 spiro atoms. The third-order valence-corrected chi connectivity index (χ3v) is 2.34. The molecule has 13 heavy (non-hydrogen) atoms. The molecule has 72 valence electrons. The SMILES string of the molecule is CCC(C)c1nc(Cl)c(F)c(Cl)n1. The van der Waals surface area contributed by atoms with Crippen molar-refractivity contribution in [2.45, 2.75) is 26.2 Å². The number of nitrogens with zero attached hydrogens (tertiary/aromatic N) is 2. The summed E-state index contributed by atoms with van der Waals surface area (Å²) in [5.74, 6) is -0.134. The molecule has 1 atom stereocenters. The molecule has 0 saturated carbocycles. The van der Waals surface area contributed by atoms with Gasteiger partial charge in [0.05, 0.1) is 0 Å². The van der Waals surface area contributed by atoms with Crippen LogP contribution in [0.25, 0.3) is 0 Å². The molecular formula is C8H9Cl2FN2. The maximum atomic E-state index is 12.9. The Morgan fingerprint density at radius 1 is 1.31 bits per heavy atom. The summed E-state index contributed by atoms with van der Waals surface area (Å²) in [4.78, 5) is 7.60. The molecule has 0 aliphatic rings. The van der Waals surface area contributed by atoms with Crippen molar-refractivity contribution in [1.82, 2.24) is 9.97 Å². The van der Waals surface area contributed by atoms with Gasteiger partial charge in [0, 0.05) is 5.92 Å². The molecule has 0 amide bonds. The van der Waals surface area contributed by atoms with Crippen LogP contribution >= 0.6 is 23.2 Å². The third kappa shape index (κ3) is 2.29. The van der Waals surface area contributed by atoms with E-state index in [4.69, 9.17) is 23.2 Å². The Morgan fingerprint density at radius 2 is 1.77 bits per heavy atom. The van der Waals surface area contributed by atoms with E-state index in [2.05, 4.69) is 9.97 Å². The second kappa shape index (κ2) is 4.20. The van der Waals surface area contributed by atoms with Crippen LogP contribution in [0.4, 0.5) is 4.39 Å². The second-order valence-electron chi connectivity index (χ2n) is 2.79. The first-order valence-corrected chi connectivity index (χ1v) is 4.70. The first-order valence-electron chi connectivity index (χ1n) is 3.94. The molecule has 0 saturated heterocycles. The Balaban J connectivity index is 3.13. The molecule has 1 unspecified atom stereocenters. The van der Waals surface area contributed by atoms with E-state index in [0.717, 1.165) is 6.42 Å². The van der Waals surface area contributed by atoms with Crippen LogP contribution in [0.3, 0.4) is 0 Å². The van der Waals surface area contributed by atoms with E-state index in [9.17, 15) is 4.39 Å². The summed E-state index contributed by atoms with van der Waals surface area (Å²) in [6.07, 6.45) is 0.859. The van der Waals surface area contributed by atoms with Crippen molar-refractivity contribution < 1.29 is 4.39 Å². The van der Waals surface area contributed by atoms with Crippen molar-refractivity contribution >= 4 is 23.2 Å². The topological polar surface area (TPSA) is 25.8 Å². The lowest BCUT2D eigenvalue weighted by Crippen LogP contribution is -2.02. The monoisotopic (exact) mass is 222 g/mol. The van der Waals surface area contributed by atoms with E-state index in [1.165, 1.54) is 0 Å². The van der Waals surface area contributed by atoms with E-state index in [1.54, 1.807) is 0 Å². The van der Waals surface area contributed by atoms with E-state index < -0.39 is 5.82 Å². The lowest BCUT2D eigenvalue weighted by atomic mass is 10.1. The molecule has 1 rings (SSSR count). The quantitative estimate of drug-likeness (QED) is 0.717. The highest BCUT2D eigenvalue weighted by molar-refractivity contribution is 6.33. The summed E-state index contributed by atoms with van der Waals surface area (Å²) in [7, 11) is 0. The van der Waals surface area contributed by atoms with Crippen LogP contribution in [-0.4, -0.2) is 9.97 Å². The van der Waals surface area contributed by atoms with Crippen molar-refractivity contribution in [3.05, 3.63) is 21.9 Å². The molecule has 1 aromatic rings. The molecular weight excluding hydrogens is 214 g/mol. The fraction of sp³-hybridized carbons (Fsp3) is 0.500.